The fraction of sp³-hybridized carbons (Fsp3) is 0.484. The smallest absolute Gasteiger partial charge is 0.475 e. The maximum atomic E-state index is 14.8. The van der Waals surface area contributed by atoms with E-state index in [0.717, 1.165) is 116 Å². The molecular weight excluding hydrogens is 1080 g/mol. The van der Waals surface area contributed by atoms with Gasteiger partial charge in [0.25, 0.3) is 5.56 Å². The van der Waals surface area contributed by atoms with Gasteiger partial charge in [0, 0.05) is 62.7 Å². The van der Waals surface area contributed by atoms with E-state index in [9.17, 15) is 37.1 Å². The van der Waals surface area contributed by atoms with Crippen LogP contribution >= 0.6 is 0 Å². The molecule has 0 bridgehead atoms. The number of rotatable bonds is 14. The first-order chi connectivity index (χ1) is 40.4. The van der Waals surface area contributed by atoms with E-state index in [1.54, 1.807) is 20.3 Å². The quantitative estimate of drug-likeness (QED) is 0.0987. The minimum absolute atomic E-state index is 0.0172. The number of piperazine rings is 1. The van der Waals surface area contributed by atoms with Gasteiger partial charge >= 0.3 is 30.1 Å². The number of carbonyl (C=O) groups excluding carboxylic acids is 4. The maximum Gasteiger partial charge on any atom is 0.490 e. The Kier molecular flexibility index (Phi) is 18.2. The summed E-state index contributed by atoms with van der Waals surface area (Å²) in [5.41, 5.74) is 4.37. The Balaban J connectivity index is 0.00000106. The van der Waals surface area contributed by atoms with Crippen LogP contribution in [0.4, 0.5) is 18.0 Å². The van der Waals surface area contributed by atoms with Gasteiger partial charge in [-0.05, 0) is 130 Å². The molecule has 6 aromatic rings. The third-order valence-corrected chi connectivity index (χ3v) is 18.3. The summed E-state index contributed by atoms with van der Waals surface area (Å²) < 4.78 is 47.2. The summed E-state index contributed by atoms with van der Waals surface area (Å²) >= 11 is 0. The van der Waals surface area contributed by atoms with Crippen molar-refractivity contribution in [2.24, 2.45) is 0 Å². The number of piperidine rings is 2. The van der Waals surface area contributed by atoms with Crippen molar-refractivity contribution < 1.29 is 51.7 Å². The lowest BCUT2D eigenvalue weighted by Gasteiger charge is -2.43. The van der Waals surface area contributed by atoms with Crippen LogP contribution in [0.5, 0.6) is 0 Å². The summed E-state index contributed by atoms with van der Waals surface area (Å²) in [6.45, 7) is 7.51. The highest BCUT2D eigenvalue weighted by atomic mass is 19.4. The third kappa shape index (κ3) is 12.9. The number of amides is 3. The molecule has 2 N–H and O–H groups in total. The number of nitrogens with one attached hydrogen (secondary N) is 1. The minimum Gasteiger partial charge on any atom is -0.475 e. The molecule has 3 saturated heterocycles. The van der Waals surface area contributed by atoms with E-state index in [1.807, 2.05) is 115 Å². The summed E-state index contributed by atoms with van der Waals surface area (Å²) in [7, 11) is 2.17. The molecule has 5 heterocycles. The van der Waals surface area contributed by atoms with Crippen LogP contribution in [0.1, 0.15) is 111 Å². The average Bonchev–Trinajstić information content (AvgIpc) is 4.03. The molecule has 0 radical (unpaired) electrons. The lowest BCUT2D eigenvalue weighted by atomic mass is 9.79. The molecule has 3 amide bonds. The van der Waals surface area contributed by atoms with Crippen molar-refractivity contribution >= 4 is 51.7 Å². The maximum absolute atomic E-state index is 14.8. The van der Waals surface area contributed by atoms with E-state index in [4.69, 9.17) is 19.4 Å². The molecule has 2 aliphatic carbocycles. The number of aryl methyl sites for hydroxylation is 1. The lowest BCUT2D eigenvalue weighted by molar-refractivity contribution is -0.192. The molecule has 20 heteroatoms. The topological polar surface area (TPSA) is 189 Å². The van der Waals surface area contributed by atoms with Crippen molar-refractivity contribution in [1.82, 2.24) is 39.3 Å². The first-order valence-electron chi connectivity index (χ1n) is 29.5. The van der Waals surface area contributed by atoms with E-state index in [1.165, 1.54) is 0 Å². The zero-order valence-corrected chi connectivity index (χ0v) is 47.9. The molecule has 84 heavy (non-hydrogen) atoms. The molecule has 17 nitrogen and oxygen atoms in total. The van der Waals surface area contributed by atoms with Crippen LogP contribution in [-0.4, -0.2) is 147 Å². The van der Waals surface area contributed by atoms with Crippen LogP contribution in [0.15, 0.2) is 114 Å². The van der Waals surface area contributed by atoms with Crippen molar-refractivity contribution in [1.29, 1.82) is 0 Å². The molecule has 5 aliphatic rings. The van der Waals surface area contributed by atoms with Crippen molar-refractivity contribution in [2.75, 3.05) is 59.4 Å². The summed E-state index contributed by atoms with van der Waals surface area (Å²) in [6.07, 6.45) is 7.08. The minimum atomic E-state index is -5.08. The molecule has 2 aromatic heterocycles. The van der Waals surface area contributed by atoms with Crippen molar-refractivity contribution in [3.05, 3.63) is 147 Å². The Hall–Kier alpha value is -7.58. The Morgan fingerprint density at radius 2 is 1.24 bits per heavy atom. The van der Waals surface area contributed by atoms with Crippen LogP contribution in [0.2, 0.25) is 0 Å². The average molecular weight is 1160 g/mol. The molecular formula is C64H75F3N8O9. The normalized spacial score (nSPS) is 19.2. The number of benzene rings is 4. The standard InChI is InChI=1S/C62H74N8O7.C2HF3O2/c1-44-37-45(38-48-41-63-70(55(44)48)43-77-59(74)62(27-13-14-28-62)50-18-7-4-8-19-50)39-53(57(72)67-35-33-66(34-36-67)51-23-29-65(2)30-24-51)64-60(75)68-31-21-46(22-32-68)52-40-47-15-9-10-20-54(47)69(56(52)71)42-76-58(73)61(25-11-12-26-61)49-16-5-3-6-17-49;3-2(4,5)1(6)7/h3-10,15-20,37-38,40-41,46,51,53H,11-14,21-36,39,42-43H2,1-2H3,(H,64,75);(H,6,7). The lowest BCUT2D eigenvalue weighted by Crippen LogP contribution is -2.59. The number of hydrogen-bond donors (Lipinski definition) is 2. The predicted octanol–water partition coefficient (Wildman–Crippen LogP) is 9.06. The molecule has 1 unspecified atom stereocenters. The molecule has 2 saturated carbocycles. The SMILES string of the molecule is Cc1cc(CC(NC(=O)N2CCC(c3cc4ccccc4n(COC(=O)C4(c5ccccc5)CCCC4)c3=O)CC2)C(=O)N2CCN(C3CCN(C)CC3)CC2)cc2cnn(COC(=O)C3(c4ccccc4)CCCC3)c12.O=C(O)C(F)(F)F. The van der Waals surface area contributed by atoms with Crippen LogP contribution in [0.25, 0.3) is 21.8 Å². The summed E-state index contributed by atoms with van der Waals surface area (Å²) in [5.74, 6) is -3.51. The second-order valence-corrected chi connectivity index (χ2v) is 23.5. The summed E-state index contributed by atoms with van der Waals surface area (Å²) in [4.78, 5) is 89.2. The molecule has 446 valence electrons. The molecule has 3 aliphatic heterocycles. The van der Waals surface area contributed by atoms with E-state index in [-0.39, 0.29) is 55.2 Å². The Morgan fingerprint density at radius 3 is 1.81 bits per heavy atom. The van der Waals surface area contributed by atoms with Gasteiger partial charge in [0.05, 0.1) is 28.1 Å². The number of aliphatic carboxylic acids is 1. The second-order valence-electron chi connectivity index (χ2n) is 23.5. The zero-order chi connectivity index (χ0) is 59.2. The molecule has 4 aromatic carbocycles. The number of alkyl halides is 3. The number of carboxylic acid groups (broad SMARTS) is 1. The fourth-order valence-electron chi connectivity index (χ4n) is 13.7. The first kappa shape index (κ1) is 59.6. The number of likely N-dealkylation sites (tertiary alicyclic amines) is 2. The number of para-hydroxylation sites is 1. The molecule has 11 rings (SSSR count). The van der Waals surface area contributed by atoms with Gasteiger partial charge in [0.1, 0.15) is 6.04 Å². The van der Waals surface area contributed by atoms with Crippen molar-refractivity contribution in [3.8, 4) is 0 Å². The van der Waals surface area contributed by atoms with Gasteiger partial charge in [-0.3, -0.25) is 28.6 Å². The molecule has 5 fully saturated rings. The number of halogens is 3. The van der Waals surface area contributed by atoms with Crippen LogP contribution < -0.4 is 10.9 Å². The third-order valence-electron chi connectivity index (χ3n) is 18.3. The number of carboxylic acids is 1. The number of ether oxygens (including phenoxy) is 2. The van der Waals surface area contributed by atoms with Crippen LogP contribution in [0.3, 0.4) is 0 Å². The van der Waals surface area contributed by atoms with Gasteiger partial charge in [-0.15, -0.1) is 0 Å². The van der Waals surface area contributed by atoms with Gasteiger partial charge < -0.3 is 34.6 Å². The highest BCUT2D eigenvalue weighted by Gasteiger charge is 2.46. The summed E-state index contributed by atoms with van der Waals surface area (Å²) in [6, 6.07) is 32.9. The van der Waals surface area contributed by atoms with Crippen LogP contribution in [0, 0.1) is 6.92 Å². The van der Waals surface area contributed by atoms with Crippen LogP contribution in [-0.2, 0) is 59.4 Å². The molecule has 0 spiro atoms. The number of aromatic nitrogens is 3. The number of nitrogens with zero attached hydrogens (tertiary/aromatic N) is 7. The zero-order valence-electron chi connectivity index (χ0n) is 47.9. The Bertz CT molecular complexity index is 3370. The van der Waals surface area contributed by atoms with Crippen molar-refractivity contribution in [3.63, 3.8) is 0 Å². The van der Waals surface area contributed by atoms with E-state index in [0.29, 0.717) is 69.0 Å². The summed E-state index contributed by atoms with van der Waals surface area (Å²) in [5, 5.41) is 16.7. The number of esters is 2. The van der Waals surface area contributed by atoms with E-state index in [2.05, 4.69) is 27.3 Å². The van der Waals surface area contributed by atoms with Gasteiger partial charge in [0.15, 0.2) is 13.5 Å². The number of pyridine rings is 1. The number of hydrogen-bond acceptors (Lipinski definition) is 11. The van der Waals surface area contributed by atoms with Gasteiger partial charge in [-0.2, -0.15) is 18.3 Å². The Labute approximate surface area is 486 Å². The van der Waals surface area contributed by atoms with Gasteiger partial charge in [-0.25, -0.2) is 14.3 Å². The van der Waals surface area contributed by atoms with E-state index >= 15 is 0 Å². The largest absolute Gasteiger partial charge is 0.490 e. The monoisotopic (exact) mass is 1160 g/mol. The fourth-order valence-corrected chi connectivity index (χ4v) is 13.7. The predicted molar refractivity (Wildman–Crippen MR) is 310 cm³/mol. The number of carbonyl (C=O) groups is 5. The highest BCUT2D eigenvalue weighted by molar-refractivity contribution is 5.89. The molecule has 1 atom stereocenters. The second kappa shape index (κ2) is 25.7. The Morgan fingerprint density at radius 1 is 0.690 bits per heavy atom. The van der Waals surface area contributed by atoms with Gasteiger partial charge in [-0.1, -0.05) is 111 Å². The van der Waals surface area contributed by atoms with Gasteiger partial charge in [0.2, 0.25) is 5.91 Å². The number of urea groups is 1. The highest BCUT2D eigenvalue weighted by Crippen LogP contribution is 2.44. The van der Waals surface area contributed by atoms with E-state index < -0.39 is 29.0 Å². The van der Waals surface area contributed by atoms with Crippen molar-refractivity contribution in [2.45, 2.75) is 139 Å². The number of fused-ring (bicyclic) bond motifs is 2. The first-order valence-corrected chi connectivity index (χ1v) is 29.5.